The predicted molar refractivity (Wildman–Crippen MR) is 257 cm³/mol. The molecule has 0 saturated heterocycles. The summed E-state index contributed by atoms with van der Waals surface area (Å²) < 4.78 is 0. The molecule has 0 heterocycles. The van der Waals surface area contributed by atoms with E-state index in [9.17, 15) is 0 Å². The highest BCUT2D eigenvalue weighted by atomic mass is 15.1. The van der Waals surface area contributed by atoms with E-state index in [2.05, 4.69) is 252 Å². The lowest BCUT2D eigenvalue weighted by molar-refractivity contribution is 1.29. The third kappa shape index (κ3) is 6.61. The lowest BCUT2D eigenvalue weighted by Crippen LogP contribution is -2.10. The molecule has 2 nitrogen and oxygen atoms in total. The van der Waals surface area contributed by atoms with Crippen LogP contribution in [0.25, 0.3) is 65.3 Å². The van der Waals surface area contributed by atoms with Gasteiger partial charge in [-0.25, -0.2) is 0 Å². The molecule has 0 aliphatic heterocycles. The van der Waals surface area contributed by atoms with Crippen molar-refractivity contribution in [2.75, 3.05) is 9.80 Å². The molecule has 0 saturated carbocycles. The second kappa shape index (κ2) is 15.1. The molecule has 11 aromatic rings. The Labute approximate surface area is 350 Å². The normalized spacial score (nSPS) is 11.3. The average Bonchev–Trinajstić information content (AvgIpc) is 3.32. The van der Waals surface area contributed by atoms with Crippen molar-refractivity contribution >= 4 is 77.2 Å². The first-order chi connectivity index (χ1) is 29.7. The molecule has 0 spiro atoms. The summed E-state index contributed by atoms with van der Waals surface area (Å²) in [7, 11) is 0. The summed E-state index contributed by atoms with van der Waals surface area (Å²) in [6, 6.07) is 88.2. The number of benzene rings is 11. The van der Waals surface area contributed by atoms with E-state index in [1.54, 1.807) is 0 Å². The van der Waals surface area contributed by atoms with E-state index in [0.29, 0.717) is 0 Å². The van der Waals surface area contributed by atoms with E-state index in [0.717, 1.165) is 39.7 Å². The number of anilines is 6. The van der Waals surface area contributed by atoms with Crippen molar-refractivity contribution in [2.24, 2.45) is 0 Å². The van der Waals surface area contributed by atoms with Gasteiger partial charge in [0.1, 0.15) is 0 Å². The molecule has 60 heavy (non-hydrogen) atoms. The molecule has 0 N–H and O–H groups in total. The summed E-state index contributed by atoms with van der Waals surface area (Å²) in [5, 5.41) is 9.74. The van der Waals surface area contributed by atoms with E-state index in [1.165, 1.54) is 59.8 Å². The molecule has 0 amide bonds. The summed E-state index contributed by atoms with van der Waals surface area (Å²) >= 11 is 0. The van der Waals surface area contributed by atoms with Crippen LogP contribution in [0.1, 0.15) is 0 Å². The van der Waals surface area contributed by atoms with Crippen LogP contribution in [-0.2, 0) is 0 Å². The second-order valence-corrected chi connectivity index (χ2v) is 15.4. The minimum Gasteiger partial charge on any atom is -0.310 e. The first-order valence-corrected chi connectivity index (χ1v) is 20.6. The molecular weight excluding hydrogens is 725 g/mol. The van der Waals surface area contributed by atoms with Gasteiger partial charge in [-0.3, -0.25) is 0 Å². The molecule has 0 bridgehead atoms. The monoisotopic (exact) mass is 764 g/mol. The maximum absolute atomic E-state index is 2.40. The molecule has 11 aromatic carbocycles. The Hall–Kier alpha value is -7.94. The number of hydrogen-bond donors (Lipinski definition) is 0. The average molecular weight is 765 g/mol. The first-order valence-electron chi connectivity index (χ1n) is 20.6. The molecule has 2 heteroatoms. The third-order valence-corrected chi connectivity index (χ3v) is 11.7. The van der Waals surface area contributed by atoms with Crippen molar-refractivity contribution < 1.29 is 0 Å². The Morgan fingerprint density at radius 2 is 0.483 bits per heavy atom. The zero-order valence-corrected chi connectivity index (χ0v) is 33.0. The SMILES string of the molecule is c1ccc(-c2ccc(N(c3ccc4ccccc4c3)c3ccc4ccccc4c3)cc2-c2ccc(N(c3ccc4ccccc4c3)c3ccc4ccccc4c3)cc2)cc1. The van der Waals surface area contributed by atoms with Crippen molar-refractivity contribution in [2.45, 2.75) is 0 Å². The van der Waals surface area contributed by atoms with Crippen LogP contribution in [-0.4, -0.2) is 0 Å². The molecule has 0 aromatic heterocycles. The maximum atomic E-state index is 2.40. The predicted octanol–water partition coefficient (Wildman–Crippen LogP) is 16.6. The van der Waals surface area contributed by atoms with Crippen LogP contribution in [0.4, 0.5) is 34.1 Å². The zero-order valence-electron chi connectivity index (χ0n) is 33.0. The number of hydrogen-bond acceptors (Lipinski definition) is 2. The Morgan fingerprint density at radius 1 is 0.183 bits per heavy atom. The number of fused-ring (bicyclic) bond motifs is 4. The van der Waals surface area contributed by atoms with Crippen LogP contribution in [0.5, 0.6) is 0 Å². The van der Waals surface area contributed by atoms with Gasteiger partial charge in [0.2, 0.25) is 0 Å². The molecular formula is C58H40N2. The lowest BCUT2D eigenvalue weighted by Gasteiger charge is -2.28. The van der Waals surface area contributed by atoms with Gasteiger partial charge in [0, 0.05) is 34.1 Å². The minimum absolute atomic E-state index is 1.09. The van der Waals surface area contributed by atoms with Gasteiger partial charge in [-0.15, -0.1) is 0 Å². The van der Waals surface area contributed by atoms with Crippen LogP contribution < -0.4 is 9.80 Å². The quantitative estimate of drug-likeness (QED) is 0.152. The summed E-state index contributed by atoms with van der Waals surface area (Å²) in [6.07, 6.45) is 0. The van der Waals surface area contributed by atoms with Crippen molar-refractivity contribution in [3.05, 3.63) is 243 Å². The van der Waals surface area contributed by atoms with Gasteiger partial charge in [0.15, 0.2) is 0 Å². The fourth-order valence-corrected chi connectivity index (χ4v) is 8.73. The van der Waals surface area contributed by atoms with Gasteiger partial charge in [-0.2, -0.15) is 0 Å². The smallest absolute Gasteiger partial charge is 0.0468 e. The summed E-state index contributed by atoms with van der Waals surface area (Å²) in [5.74, 6) is 0. The fraction of sp³-hybridized carbons (Fsp3) is 0. The number of rotatable bonds is 8. The van der Waals surface area contributed by atoms with Gasteiger partial charge in [0.05, 0.1) is 0 Å². The Morgan fingerprint density at radius 3 is 0.900 bits per heavy atom. The minimum atomic E-state index is 1.09. The Kier molecular flexibility index (Phi) is 8.87. The highest BCUT2D eigenvalue weighted by Crippen LogP contribution is 2.44. The van der Waals surface area contributed by atoms with E-state index in [4.69, 9.17) is 0 Å². The van der Waals surface area contributed by atoms with E-state index in [1.807, 2.05) is 0 Å². The Balaban J connectivity index is 1.07. The molecule has 0 fully saturated rings. The molecule has 0 unspecified atom stereocenters. The summed E-state index contributed by atoms with van der Waals surface area (Å²) in [4.78, 5) is 4.77. The highest BCUT2D eigenvalue weighted by Gasteiger charge is 2.19. The highest BCUT2D eigenvalue weighted by molar-refractivity contribution is 5.96. The van der Waals surface area contributed by atoms with Gasteiger partial charge < -0.3 is 9.80 Å². The van der Waals surface area contributed by atoms with Gasteiger partial charge in [-0.1, -0.05) is 170 Å². The topological polar surface area (TPSA) is 6.48 Å². The van der Waals surface area contributed by atoms with E-state index in [-0.39, 0.29) is 0 Å². The van der Waals surface area contributed by atoms with Crippen molar-refractivity contribution in [1.82, 2.24) is 0 Å². The van der Waals surface area contributed by atoms with Gasteiger partial charge >= 0.3 is 0 Å². The molecule has 11 rings (SSSR count). The van der Waals surface area contributed by atoms with Crippen LogP contribution in [0.15, 0.2) is 243 Å². The molecule has 0 aliphatic carbocycles. The third-order valence-electron chi connectivity index (χ3n) is 11.7. The first kappa shape index (κ1) is 35.2. The van der Waals surface area contributed by atoms with Crippen LogP contribution >= 0.6 is 0 Å². The second-order valence-electron chi connectivity index (χ2n) is 15.4. The summed E-state index contributed by atoms with van der Waals surface area (Å²) in [6.45, 7) is 0. The fourth-order valence-electron chi connectivity index (χ4n) is 8.73. The number of nitrogens with zero attached hydrogens (tertiary/aromatic N) is 2. The van der Waals surface area contributed by atoms with Crippen molar-refractivity contribution in [3.63, 3.8) is 0 Å². The lowest BCUT2D eigenvalue weighted by atomic mass is 9.93. The molecule has 0 atom stereocenters. The van der Waals surface area contributed by atoms with Crippen LogP contribution in [0, 0.1) is 0 Å². The van der Waals surface area contributed by atoms with E-state index >= 15 is 0 Å². The summed E-state index contributed by atoms with van der Waals surface area (Å²) in [5.41, 5.74) is 11.3. The van der Waals surface area contributed by atoms with Crippen molar-refractivity contribution in [1.29, 1.82) is 0 Å². The Bertz CT molecular complexity index is 3170. The van der Waals surface area contributed by atoms with Gasteiger partial charge in [-0.05, 0) is 138 Å². The molecule has 0 radical (unpaired) electrons. The maximum Gasteiger partial charge on any atom is 0.0468 e. The van der Waals surface area contributed by atoms with Gasteiger partial charge in [0.25, 0.3) is 0 Å². The molecule has 0 aliphatic rings. The molecule has 282 valence electrons. The van der Waals surface area contributed by atoms with Crippen molar-refractivity contribution in [3.8, 4) is 22.3 Å². The zero-order chi connectivity index (χ0) is 39.8. The van der Waals surface area contributed by atoms with Crippen LogP contribution in [0.2, 0.25) is 0 Å². The van der Waals surface area contributed by atoms with Crippen LogP contribution in [0.3, 0.4) is 0 Å². The van der Waals surface area contributed by atoms with E-state index < -0.39 is 0 Å². The standard InChI is InChI=1S/C58H40N2/c1-2-16-45(17-3-1)57-35-34-56(60(54-32-24-43-14-6-10-20-49(43)38-54)55-33-25-44-15-7-11-21-50(44)39-55)40-58(57)46-26-28-51(29-27-46)59(52-30-22-41-12-4-8-18-47(41)36-52)53-31-23-42-13-5-9-19-48(42)37-53/h1-40H. The largest absolute Gasteiger partial charge is 0.310 e.